The molecule has 0 unspecified atom stereocenters. The van der Waals surface area contributed by atoms with Gasteiger partial charge in [-0.2, -0.15) is 4.98 Å². The van der Waals surface area contributed by atoms with Crippen molar-refractivity contribution in [1.82, 2.24) is 14.9 Å². The van der Waals surface area contributed by atoms with Crippen molar-refractivity contribution in [2.24, 2.45) is 10.8 Å². The third kappa shape index (κ3) is 5.76. The molecule has 1 spiro atoms. The van der Waals surface area contributed by atoms with Crippen LogP contribution < -0.4 is 9.46 Å². The number of amides is 1. The van der Waals surface area contributed by atoms with Crippen LogP contribution in [0.5, 0.6) is 5.88 Å². The van der Waals surface area contributed by atoms with Gasteiger partial charge in [-0.05, 0) is 92.5 Å². The molecule has 1 aliphatic heterocycles. The number of benzene rings is 2. The lowest BCUT2D eigenvalue weighted by molar-refractivity contribution is 0.00454. The molecule has 2 saturated carbocycles. The Morgan fingerprint density at radius 3 is 2.35 bits per heavy atom. The first-order chi connectivity index (χ1) is 20.3. The maximum absolute atomic E-state index is 14.3. The Hall–Kier alpha value is -3.46. The average molecular weight is 603 g/mol. The summed E-state index contributed by atoms with van der Waals surface area (Å²) in [6.07, 6.45) is 5.71. The highest BCUT2D eigenvalue weighted by atomic mass is 32.2. The Balaban J connectivity index is 1.54. The molecule has 8 nitrogen and oxygen atoms in total. The molecule has 2 heterocycles. The minimum absolute atomic E-state index is 0.00329. The van der Waals surface area contributed by atoms with Crippen LogP contribution in [0.1, 0.15) is 86.8 Å². The molecule has 0 saturated heterocycles. The fourth-order valence-corrected chi connectivity index (χ4v) is 7.93. The van der Waals surface area contributed by atoms with E-state index in [0.717, 1.165) is 41.5 Å². The number of ether oxygens (including phenoxy) is 1. The highest BCUT2D eigenvalue weighted by Crippen LogP contribution is 2.62. The lowest BCUT2D eigenvalue weighted by atomic mass is 9.74. The van der Waals surface area contributed by atoms with Crippen molar-refractivity contribution in [2.75, 3.05) is 11.3 Å². The predicted molar refractivity (Wildman–Crippen MR) is 168 cm³/mol. The summed E-state index contributed by atoms with van der Waals surface area (Å²) in [5.41, 5.74) is 5.11. The molecule has 1 amide bonds. The zero-order chi connectivity index (χ0) is 30.7. The van der Waals surface area contributed by atoms with E-state index in [0.29, 0.717) is 29.0 Å². The van der Waals surface area contributed by atoms with Crippen molar-refractivity contribution in [2.45, 2.75) is 97.0 Å². The van der Waals surface area contributed by atoms with Crippen LogP contribution in [0.3, 0.4) is 0 Å². The highest BCUT2D eigenvalue weighted by molar-refractivity contribution is 7.92. The second kappa shape index (κ2) is 10.6. The van der Waals surface area contributed by atoms with E-state index in [9.17, 15) is 13.2 Å². The van der Waals surface area contributed by atoms with Crippen LogP contribution in [0, 0.1) is 24.7 Å². The summed E-state index contributed by atoms with van der Waals surface area (Å²) in [6.45, 7) is 12.8. The van der Waals surface area contributed by atoms with Crippen molar-refractivity contribution < 1.29 is 17.9 Å². The van der Waals surface area contributed by atoms with Crippen molar-refractivity contribution in [1.29, 1.82) is 0 Å². The van der Waals surface area contributed by atoms with Crippen LogP contribution in [0.15, 0.2) is 47.4 Å². The second-order valence-corrected chi connectivity index (χ2v) is 15.6. The van der Waals surface area contributed by atoms with Gasteiger partial charge in [0.05, 0.1) is 16.6 Å². The number of aryl methyl sites for hydroxylation is 2. The molecule has 4 bridgehead atoms. The average Bonchev–Trinajstić information content (AvgIpc) is 3.71. The standard InChI is InChI=1S/C34H42N4O4S/c1-7-27-29(28-21(2)10-8-11-22(28)3)35-32-36-30(27)42-20-25(17-33(4,5)6)38(24-18-34(19-24)14-15-34)31(39)23-12-9-13-26(16-23)43(40,41)37-32/h8-13,16,24-25H,7,14-15,17-20H2,1-6H3,(H,35,36,37)/t25-/m1/s1. The molecule has 0 radical (unpaired) electrons. The fraction of sp³-hybridized carbons (Fsp3) is 0.500. The van der Waals surface area contributed by atoms with E-state index in [4.69, 9.17) is 9.72 Å². The van der Waals surface area contributed by atoms with Crippen molar-refractivity contribution >= 4 is 21.9 Å². The molecule has 9 heteroatoms. The van der Waals surface area contributed by atoms with Crippen LogP contribution in [0.2, 0.25) is 0 Å². The van der Waals surface area contributed by atoms with Gasteiger partial charge in [0.2, 0.25) is 11.8 Å². The third-order valence-corrected chi connectivity index (χ3v) is 10.6. The Labute approximate surface area is 255 Å². The summed E-state index contributed by atoms with van der Waals surface area (Å²) in [7, 11) is -4.10. The fourth-order valence-electron chi connectivity index (χ4n) is 6.94. The van der Waals surface area contributed by atoms with Crippen molar-refractivity contribution in [3.05, 3.63) is 64.7 Å². The SMILES string of the molecule is CCc1c2nc(nc1-c1c(C)cccc1C)NS(=O)(=O)c1cccc(c1)C(=O)N(C1CC3(CC3)C1)[C@H](CC(C)(C)C)CO2. The number of hydrogen-bond donors (Lipinski definition) is 1. The number of sulfonamides is 1. The Morgan fingerprint density at radius 1 is 1.05 bits per heavy atom. The third-order valence-electron chi connectivity index (χ3n) is 9.23. The number of carbonyl (C=O) groups excluding carboxylic acids is 1. The normalized spacial score (nSPS) is 21.1. The summed E-state index contributed by atoms with van der Waals surface area (Å²) in [5.74, 6) is 0.136. The van der Waals surface area contributed by atoms with Gasteiger partial charge in [0, 0.05) is 22.7 Å². The zero-order valence-electron chi connectivity index (χ0n) is 26.0. The Morgan fingerprint density at radius 2 is 1.72 bits per heavy atom. The molecule has 43 heavy (non-hydrogen) atoms. The van der Waals surface area contributed by atoms with Gasteiger partial charge in [-0.3, -0.25) is 4.79 Å². The number of rotatable bonds is 4. The molecule has 3 aliphatic rings. The van der Waals surface area contributed by atoms with Gasteiger partial charge in [0.1, 0.15) is 6.61 Å². The van der Waals surface area contributed by atoms with Crippen molar-refractivity contribution in [3.63, 3.8) is 0 Å². The van der Waals surface area contributed by atoms with Gasteiger partial charge >= 0.3 is 0 Å². The van der Waals surface area contributed by atoms with E-state index in [-0.39, 0.29) is 40.9 Å². The van der Waals surface area contributed by atoms with E-state index >= 15 is 0 Å². The smallest absolute Gasteiger partial charge is 0.264 e. The first kappa shape index (κ1) is 29.6. The summed E-state index contributed by atoms with van der Waals surface area (Å²) < 4.78 is 36.6. The molecular formula is C34H42N4O4S. The molecule has 2 aliphatic carbocycles. The van der Waals surface area contributed by atoms with E-state index in [1.165, 1.54) is 25.0 Å². The lowest BCUT2D eigenvalue weighted by Gasteiger charge is -2.48. The molecule has 1 N–H and O–H groups in total. The zero-order valence-corrected chi connectivity index (χ0v) is 26.8. The second-order valence-electron chi connectivity index (χ2n) is 13.9. The molecule has 3 aromatic rings. The molecule has 2 aromatic carbocycles. The van der Waals surface area contributed by atoms with Crippen LogP contribution in [-0.4, -0.2) is 47.9 Å². The van der Waals surface area contributed by atoms with Gasteiger partial charge in [0.15, 0.2) is 0 Å². The van der Waals surface area contributed by atoms with Gasteiger partial charge in [-0.25, -0.2) is 18.1 Å². The van der Waals surface area contributed by atoms with Crippen LogP contribution in [0.4, 0.5) is 5.95 Å². The molecule has 6 rings (SSSR count). The first-order valence-corrected chi connectivity index (χ1v) is 16.8. The van der Waals surface area contributed by atoms with E-state index in [1.807, 2.05) is 43.9 Å². The maximum atomic E-state index is 14.3. The Kier molecular flexibility index (Phi) is 7.31. The monoisotopic (exact) mass is 602 g/mol. The number of nitrogens with one attached hydrogen (secondary N) is 1. The van der Waals surface area contributed by atoms with Crippen LogP contribution >= 0.6 is 0 Å². The summed E-state index contributed by atoms with van der Waals surface area (Å²) in [4.78, 5) is 25.8. The first-order valence-electron chi connectivity index (χ1n) is 15.3. The van der Waals surface area contributed by atoms with Gasteiger partial charge in [0.25, 0.3) is 15.9 Å². The summed E-state index contributed by atoms with van der Waals surface area (Å²) in [6, 6.07) is 12.2. The number of nitrogens with zero attached hydrogens (tertiary/aromatic N) is 3. The van der Waals surface area contributed by atoms with Gasteiger partial charge in [-0.15, -0.1) is 0 Å². The number of hydrogen-bond acceptors (Lipinski definition) is 6. The molecular weight excluding hydrogens is 560 g/mol. The van der Waals surface area contributed by atoms with E-state index < -0.39 is 10.0 Å². The maximum Gasteiger partial charge on any atom is 0.264 e. The van der Waals surface area contributed by atoms with Gasteiger partial charge in [-0.1, -0.05) is 52.0 Å². The highest BCUT2D eigenvalue weighted by Gasteiger charge is 2.56. The number of carbonyl (C=O) groups is 1. The number of aromatic nitrogens is 2. The minimum Gasteiger partial charge on any atom is -0.475 e. The molecule has 1 aromatic heterocycles. The number of anilines is 1. The largest absolute Gasteiger partial charge is 0.475 e. The summed E-state index contributed by atoms with van der Waals surface area (Å²) >= 11 is 0. The quantitative estimate of drug-likeness (QED) is 0.356. The van der Waals surface area contributed by atoms with Crippen molar-refractivity contribution in [3.8, 4) is 17.1 Å². The van der Waals surface area contributed by atoms with E-state index in [1.54, 1.807) is 12.1 Å². The molecule has 1 atom stereocenters. The topological polar surface area (TPSA) is 101 Å². The lowest BCUT2D eigenvalue weighted by Crippen LogP contribution is -2.56. The van der Waals surface area contributed by atoms with Crippen LogP contribution in [0.25, 0.3) is 11.3 Å². The molecule has 228 valence electrons. The minimum atomic E-state index is -4.10. The van der Waals surface area contributed by atoms with Gasteiger partial charge < -0.3 is 9.64 Å². The molecule has 2 fully saturated rings. The summed E-state index contributed by atoms with van der Waals surface area (Å²) in [5, 5.41) is 0. The van der Waals surface area contributed by atoms with Crippen LogP contribution in [-0.2, 0) is 16.4 Å². The van der Waals surface area contributed by atoms with E-state index in [2.05, 4.69) is 30.5 Å². The Bertz CT molecular complexity index is 1660. The predicted octanol–water partition coefficient (Wildman–Crippen LogP) is 6.71. The number of fused-ring (bicyclic) bond motifs is 4.